The van der Waals surface area contributed by atoms with E-state index in [1.165, 1.54) is 96.9 Å². The standard InChI is InChI=1S/C44H43N3O2S3/c1-6-7-8-9-10-33-25-39(42-27-41-40(51-42)26-37(50-41)24-34(28-45)44(48)49)52-43(33)32-13-11-29(12-14-32)23-38(30-15-19-35(20-16-30)46(2)3)31-17-21-36(22-18-31)47(4)5/h11-27H,6-10H2,1-5H3,(H,48,49)/b34-24+. The summed E-state index contributed by atoms with van der Waals surface area (Å²) in [5.41, 5.74) is 9.40. The molecule has 5 nitrogen and oxygen atoms in total. The van der Waals surface area contributed by atoms with Crippen molar-refractivity contribution in [2.45, 2.75) is 39.0 Å². The van der Waals surface area contributed by atoms with Gasteiger partial charge in [0.1, 0.15) is 11.6 Å². The number of unbranched alkanes of at least 4 members (excludes halogenated alkanes) is 3. The SMILES string of the molecule is CCCCCCc1cc(-c2cc3sc(/C=C(\C#N)C(=O)O)cc3s2)sc1-c1ccc(C=C(c2ccc(N(C)C)cc2)c2ccc(N(C)C)cc2)cc1. The lowest BCUT2D eigenvalue weighted by Crippen LogP contribution is -2.08. The fourth-order valence-electron chi connectivity index (χ4n) is 6.16. The summed E-state index contributed by atoms with van der Waals surface area (Å²) in [7, 11) is 8.26. The third-order valence-corrected chi connectivity index (χ3v) is 12.8. The number of anilines is 2. The van der Waals surface area contributed by atoms with Gasteiger partial charge in [0.2, 0.25) is 0 Å². The monoisotopic (exact) mass is 741 g/mol. The average Bonchev–Trinajstić information content (AvgIpc) is 3.85. The van der Waals surface area contributed by atoms with Crippen molar-refractivity contribution in [2.75, 3.05) is 38.0 Å². The first-order valence-electron chi connectivity index (χ1n) is 17.5. The second-order valence-electron chi connectivity index (χ2n) is 13.3. The van der Waals surface area contributed by atoms with Gasteiger partial charge in [-0.2, -0.15) is 5.26 Å². The molecule has 3 aromatic heterocycles. The van der Waals surface area contributed by atoms with E-state index in [0.29, 0.717) is 0 Å². The molecule has 0 aliphatic rings. The molecule has 0 amide bonds. The molecule has 0 atom stereocenters. The largest absolute Gasteiger partial charge is 0.477 e. The molecule has 264 valence electrons. The molecule has 8 heteroatoms. The minimum atomic E-state index is -1.20. The topological polar surface area (TPSA) is 67.6 Å². The van der Waals surface area contributed by atoms with E-state index in [0.717, 1.165) is 26.3 Å². The number of carbonyl (C=O) groups is 1. The zero-order valence-corrected chi connectivity index (χ0v) is 32.7. The number of carboxylic acids is 1. The van der Waals surface area contributed by atoms with E-state index < -0.39 is 5.97 Å². The predicted molar refractivity (Wildman–Crippen MR) is 226 cm³/mol. The van der Waals surface area contributed by atoms with Crippen LogP contribution < -0.4 is 9.80 Å². The lowest BCUT2D eigenvalue weighted by molar-refractivity contribution is -0.132. The molecule has 0 radical (unpaired) electrons. The van der Waals surface area contributed by atoms with Crippen LogP contribution in [0.5, 0.6) is 0 Å². The summed E-state index contributed by atoms with van der Waals surface area (Å²) in [6, 6.07) is 34.9. The van der Waals surface area contributed by atoms with E-state index in [9.17, 15) is 15.2 Å². The highest BCUT2D eigenvalue weighted by Gasteiger charge is 2.17. The number of fused-ring (bicyclic) bond motifs is 1. The molecular weight excluding hydrogens is 699 g/mol. The van der Waals surface area contributed by atoms with Gasteiger partial charge in [-0.15, -0.1) is 34.0 Å². The van der Waals surface area contributed by atoms with Crippen molar-refractivity contribution in [2.24, 2.45) is 0 Å². The van der Waals surface area contributed by atoms with Crippen LogP contribution in [0.15, 0.2) is 96.6 Å². The number of hydrogen-bond acceptors (Lipinski definition) is 7. The number of aryl methyl sites for hydroxylation is 1. The van der Waals surface area contributed by atoms with E-state index in [1.54, 1.807) is 17.4 Å². The number of nitriles is 1. The Morgan fingerprint density at radius 2 is 1.33 bits per heavy atom. The second kappa shape index (κ2) is 16.6. The first-order valence-corrected chi connectivity index (χ1v) is 20.0. The molecule has 1 N–H and O–H groups in total. The fourth-order valence-corrected chi connectivity index (χ4v) is 9.80. The normalized spacial score (nSPS) is 11.4. The van der Waals surface area contributed by atoms with E-state index >= 15 is 0 Å². The Labute approximate surface area is 319 Å². The van der Waals surface area contributed by atoms with Crippen molar-refractivity contribution < 1.29 is 9.90 Å². The molecule has 0 bridgehead atoms. The molecule has 6 rings (SSSR count). The van der Waals surface area contributed by atoms with Crippen LogP contribution in [-0.2, 0) is 11.2 Å². The van der Waals surface area contributed by atoms with E-state index in [2.05, 4.69) is 136 Å². The van der Waals surface area contributed by atoms with Crippen LogP contribution >= 0.6 is 34.0 Å². The quantitative estimate of drug-likeness (QED) is 0.0521. The highest BCUT2D eigenvalue weighted by Crippen LogP contribution is 2.45. The van der Waals surface area contributed by atoms with Crippen molar-refractivity contribution in [3.8, 4) is 26.3 Å². The van der Waals surface area contributed by atoms with Crippen LogP contribution in [0.25, 0.3) is 47.3 Å². The zero-order chi connectivity index (χ0) is 36.8. The summed E-state index contributed by atoms with van der Waals surface area (Å²) in [6.45, 7) is 2.25. The molecule has 0 spiro atoms. The van der Waals surface area contributed by atoms with Gasteiger partial charge in [-0.05, 0) is 101 Å². The maximum Gasteiger partial charge on any atom is 0.346 e. The summed E-state index contributed by atoms with van der Waals surface area (Å²) in [5, 5.41) is 18.5. The molecule has 52 heavy (non-hydrogen) atoms. The summed E-state index contributed by atoms with van der Waals surface area (Å²) >= 11 is 5.09. The summed E-state index contributed by atoms with van der Waals surface area (Å²) in [4.78, 5) is 20.2. The fraction of sp³-hybridized carbons (Fsp3) is 0.227. The molecule has 0 saturated carbocycles. The minimum absolute atomic E-state index is 0.250. The Hall–Kier alpha value is -4.94. The minimum Gasteiger partial charge on any atom is -0.477 e. The first-order chi connectivity index (χ1) is 25.1. The maximum atomic E-state index is 11.3. The van der Waals surface area contributed by atoms with Gasteiger partial charge < -0.3 is 14.9 Å². The second-order valence-corrected chi connectivity index (χ2v) is 16.6. The predicted octanol–water partition coefficient (Wildman–Crippen LogP) is 12.2. The highest BCUT2D eigenvalue weighted by molar-refractivity contribution is 7.31. The average molecular weight is 742 g/mol. The van der Waals surface area contributed by atoms with Crippen molar-refractivity contribution in [3.05, 3.63) is 124 Å². The third-order valence-electron chi connectivity index (χ3n) is 9.09. The van der Waals surface area contributed by atoms with Crippen LogP contribution in [0.2, 0.25) is 0 Å². The first kappa shape index (κ1) is 36.8. The van der Waals surface area contributed by atoms with Crippen molar-refractivity contribution >= 4 is 78.5 Å². The van der Waals surface area contributed by atoms with Crippen LogP contribution in [0.3, 0.4) is 0 Å². The Balaban J connectivity index is 1.33. The van der Waals surface area contributed by atoms with Gasteiger partial charge >= 0.3 is 5.97 Å². The highest BCUT2D eigenvalue weighted by atomic mass is 32.1. The van der Waals surface area contributed by atoms with Crippen LogP contribution in [0, 0.1) is 11.3 Å². The van der Waals surface area contributed by atoms with Gasteiger partial charge in [-0.1, -0.05) is 74.7 Å². The van der Waals surface area contributed by atoms with Gasteiger partial charge in [-0.3, -0.25) is 0 Å². The number of thiophene rings is 3. The Bertz CT molecular complexity index is 2180. The Morgan fingerprint density at radius 1 is 0.731 bits per heavy atom. The number of rotatable bonds is 14. The lowest BCUT2D eigenvalue weighted by Gasteiger charge is -2.16. The molecule has 0 aliphatic heterocycles. The molecule has 0 aliphatic carbocycles. The van der Waals surface area contributed by atoms with E-state index in [-0.39, 0.29) is 5.57 Å². The van der Waals surface area contributed by atoms with Gasteiger partial charge in [0.05, 0.1) is 0 Å². The smallest absolute Gasteiger partial charge is 0.346 e. The molecule has 0 saturated heterocycles. The number of hydrogen-bond donors (Lipinski definition) is 1. The van der Waals surface area contributed by atoms with Crippen molar-refractivity contribution in [1.82, 2.24) is 0 Å². The van der Waals surface area contributed by atoms with E-state index in [1.807, 2.05) is 17.4 Å². The number of benzene rings is 3. The van der Waals surface area contributed by atoms with Gasteiger partial charge in [-0.25, -0.2) is 4.79 Å². The zero-order valence-electron chi connectivity index (χ0n) is 30.3. The van der Waals surface area contributed by atoms with Crippen molar-refractivity contribution in [1.29, 1.82) is 5.26 Å². The molecular formula is C44H43N3O2S3. The Morgan fingerprint density at radius 3 is 1.87 bits per heavy atom. The molecule has 3 heterocycles. The Kier molecular flexibility index (Phi) is 11.8. The molecule has 0 fully saturated rings. The van der Waals surface area contributed by atoms with Crippen molar-refractivity contribution in [3.63, 3.8) is 0 Å². The van der Waals surface area contributed by atoms with Crippen LogP contribution in [-0.4, -0.2) is 39.3 Å². The van der Waals surface area contributed by atoms with E-state index in [4.69, 9.17) is 0 Å². The lowest BCUT2D eigenvalue weighted by atomic mass is 9.94. The summed E-state index contributed by atoms with van der Waals surface area (Å²) < 4.78 is 2.21. The summed E-state index contributed by atoms with van der Waals surface area (Å²) in [5.74, 6) is -1.20. The third kappa shape index (κ3) is 8.56. The maximum absolute atomic E-state index is 11.3. The molecule has 3 aromatic carbocycles. The van der Waals surface area contributed by atoms with Gasteiger partial charge in [0.15, 0.2) is 0 Å². The summed E-state index contributed by atoms with van der Waals surface area (Å²) in [6.07, 6.45) is 9.65. The van der Waals surface area contributed by atoms with Crippen LogP contribution in [0.4, 0.5) is 11.4 Å². The number of nitrogens with zero attached hydrogens (tertiary/aromatic N) is 3. The number of carboxylic acid groups (broad SMARTS) is 1. The molecule has 6 aromatic rings. The van der Waals surface area contributed by atoms with Gasteiger partial charge in [0.25, 0.3) is 0 Å². The van der Waals surface area contributed by atoms with Gasteiger partial charge in [0, 0.05) is 68.5 Å². The van der Waals surface area contributed by atoms with Crippen LogP contribution in [0.1, 0.15) is 59.7 Å². The number of aliphatic carboxylic acids is 1. The molecule has 0 unspecified atom stereocenters.